The Balaban J connectivity index is 1.50. The summed E-state index contributed by atoms with van der Waals surface area (Å²) in [5.74, 6) is -0.551. The van der Waals surface area contributed by atoms with Crippen molar-refractivity contribution in [2.24, 2.45) is 0 Å². The molecule has 130 valence electrons. The summed E-state index contributed by atoms with van der Waals surface area (Å²) in [5, 5.41) is 11.7. The number of hydrogen-bond acceptors (Lipinski definition) is 4. The molecule has 3 rings (SSSR count). The number of nitrogens with zero attached hydrogens (tertiary/aromatic N) is 2. The third-order valence-electron chi connectivity index (χ3n) is 4.00. The third-order valence-corrected chi connectivity index (χ3v) is 4.00. The number of rotatable bonds is 7. The summed E-state index contributed by atoms with van der Waals surface area (Å²) in [6, 6.07) is 8.55. The smallest absolute Gasteiger partial charge is 0.322 e. The standard InChI is InChI=1S/C17H19N5O3/c23-15(7-6-14-16(24)21-17(25)20-14)18-10-12-4-1-2-5-13(12)11-22-9-3-8-19-22/h1-5,8-9,14H,6-7,10-11H2,(H,18,23)(H2,20,21,24,25)/t14-/m0/s1. The number of imide groups is 1. The highest BCUT2D eigenvalue weighted by molar-refractivity contribution is 6.04. The van der Waals surface area contributed by atoms with Crippen LogP contribution in [0.2, 0.25) is 0 Å². The van der Waals surface area contributed by atoms with Crippen LogP contribution in [0.25, 0.3) is 0 Å². The summed E-state index contributed by atoms with van der Waals surface area (Å²) < 4.78 is 1.82. The van der Waals surface area contributed by atoms with Crippen LogP contribution in [0.1, 0.15) is 24.0 Å². The average Bonchev–Trinajstić information content (AvgIpc) is 3.21. The molecule has 0 radical (unpaired) electrons. The minimum absolute atomic E-state index is 0.164. The van der Waals surface area contributed by atoms with Gasteiger partial charge in [-0.25, -0.2) is 4.79 Å². The van der Waals surface area contributed by atoms with Crippen LogP contribution in [0, 0.1) is 0 Å². The predicted octanol–water partition coefficient (Wildman–Crippen LogP) is 0.536. The molecule has 1 atom stereocenters. The number of aromatic nitrogens is 2. The molecule has 0 unspecified atom stereocenters. The first-order chi connectivity index (χ1) is 12.1. The molecule has 1 saturated heterocycles. The summed E-state index contributed by atoms with van der Waals surface area (Å²) in [5.41, 5.74) is 2.09. The van der Waals surface area contributed by atoms with E-state index < -0.39 is 12.1 Å². The number of carbonyl (C=O) groups is 3. The first-order valence-corrected chi connectivity index (χ1v) is 8.04. The molecule has 2 heterocycles. The molecule has 0 bridgehead atoms. The molecule has 8 heteroatoms. The highest BCUT2D eigenvalue weighted by Crippen LogP contribution is 2.10. The predicted molar refractivity (Wildman–Crippen MR) is 89.3 cm³/mol. The molecule has 0 saturated carbocycles. The first-order valence-electron chi connectivity index (χ1n) is 8.04. The number of nitrogens with one attached hydrogen (secondary N) is 3. The number of urea groups is 1. The molecule has 8 nitrogen and oxygen atoms in total. The Hall–Kier alpha value is -3.16. The maximum Gasteiger partial charge on any atom is 0.322 e. The van der Waals surface area contributed by atoms with E-state index in [0.717, 1.165) is 11.1 Å². The van der Waals surface area contributed by atoms with E-state index in [4.69, 9.17) is 0 Å². The normalized spacial score (nSPS) is 16.4. The number of carbonyl (C=O) groups excluding carboxylic acids is 3. The largest absolute Gasteiger partial charge is 0.352 e. The van der Waals surface area contributed by atoms with Crippen LogP contribution in [-0.2, 0) is 22.7 Å². The molecule has 1 aromatic heterocycles. The fourth-order valence-electron chi connectivity index (χ4n) is 2.67. The number of amides is 4. The van der Waals surface area contributed by atoms with Gasteiger partial charge in [-0.05, 0) is 23.6 Å². The van der Waals surface area contributed by atoms with Crippen LogP contribution in [0.5, 0.6) is 0 Å². The lowest BCUT2D eigenvalue weighted by Crippen LogP contribution is -2.31. The van der Waals surface area contributed by atoms with Crippen LogP contribution in [0.4, 0.5) is 4.79 Å². The lowest BCUT2D eigenvalue weighted by Gasteiger charge is -2.12. The van der Waals surface area contributed by atoms with Crippen molar-refractivity contribution in [3.8, 4) is 0 Å². The van der Waals surface area contributed by atoms with Gasteiger partial charge >= 0.3 is 6.03 Å². The van der Waals surface area contributed by atoms with Gasteiger partial charge in [0.05, 0.1) is 6.54 Å². The zero-order valence-electron chi connectivity index (χ0n) is 13.6. The van der Waals surface area contributed by atoms with Gasteiger partial charge in [0.1, 0.15) is 6.04 Å². The molecule has 0 aliphatic carbocycles. The molecule has 0 spiro atoms. The van der Waals surface area contributed by atoms with E-state index >= 15 is 0 Å². The van der Waals surface area contributed by atoms with E-state index in [0.29, 0.717) is 13.1 Å². The van der Waals surface area contributed by atoms with E-state index in [9.17, 15) is 14.4 Å². The van der Waals surface area contributed by atoms with E-state index in [1.165, 1.54) is 0 Å². The number of benzene rings is 1. The van der Waals surface area contributed by atoms with Crippen molar-refractivity contribution in [1.82, 2.24) is 25.7 Å². The van der Waals surface area contributed by atoms with Crippen molar-refractivity contribution in [2.75, 3.05) is 0 Å². The van der Waals surface area contributed by atoms with E-state index in [1.54, 1.807) is 6.20 Å². The lowest BCUT2D eigenvalue weighted by atomic mass is 10.1. The molecule has 2 aromatic rings. The second-order valence-electron chi connectivity index (χ2n) is 5.80. The van der Waals surface area contributed by atoms with Crippen molar-refractivity contribution < 1.29 is 14.4 Å². The molecule has 1 aliphatic rings. The van der Waals surface area contributed by atoms with Gasteiger partial charge in [0.15, 0.2) is 0 Å². The van der Waals surface area contributed by atoms with Crippen LogP contribution in [0.3, 0.4) is 0 Å². The third kappa shape index (κ3) is 4.43. The van der Waals surface area contributed by atoms with Crippen molar-refractivity contribution >= 4 is 17.8 Å². The van der Waals surface area contributed by atoms with Gasteiger partial charge in [0, 0.05) is 25.4 Å². The summed E-state index contributed by atoms with van der Waals surface area (Å²) in [6.45, 7) is 1.03. The van der Waals surface area contributed by atoms with Gasteiger partial charge in [-0.1, -0.05) is 24.3 Å². The molecule has 25 heavy (non-hydrogen) atoms. The highest BCUT2D eigenvalue weighted by Gasteiger charge is 2.29. The van der Waals surface area contributed by atoms with Gasteiger partial charge in [-0.2, -0.15) is 5.10 Å². The zero-order valence-corrected chi connectivity index (χ0v) is 13.6. The summed E-state index contributed by atoms with van der Waals surface area (Å²) in [7, 11) is 0. The van der Waals surface area contributed by atoms with Gasteiger partial charge in [-0.3, -0.25) is 19.6 Å². The van der Waals surface area contributed by atoms with Crippen molar-refractivity contribution in [3.05, 3.63) is 53.9 Å². The Morgan fingerprint density at radius 1 is 1.20 bits per heavy atom. The van der Waals surface area contributed by atoms with Crippen LogP contribution in [-0.4, -0.2) is 33.7 Å². The van der Waals surface area contributed by atoms with Gasteiger partial charge in [0.2, 0.25) is 5.91 Å². The molecular formula is C17H19N5O3. The maximum absolute atomic E-state index is 12.0. The van der Waals surface area contributed by atoms with Crippen LogP contribution in [0.15, 0.2) is 42.7 Å². The van der Waals surface area contributed by atoms with Crippen LogP contribution >= 0.6 is 0 Å². The molecular weight excluding hydrogens is 322 g/mol. The quantitative estimate of drug-likeness (QED) is 0.639. The molecule has 3 N–H and O–H groups in total. The SMILES string of the molecule is O=C(CC[C@@H]1NC(=O)NC1=O)NCc1ccccc1Cn1cccn1. The Morgan fingerprint density at radius 3 is 2.68 bits per heavy atom. The minimum Gasteiger partial charge on any atom is -0.352 e. The Labute approximate surface area is 144 Å². The Bertz CT molecular complexity index is 772. The maximum atomic E-state index is 12.0. The van der Waals surface area contributed by atoms with Crippen molar-refractivity contribution in [1.29, 1.82) is 0 Å². The Kier molecular flexibility index (Phi) is 5.08. The van der Waals surface area contributed by atoms with E-state index in [2.05, 4.69) is 21.0 Å². The fourth-order valence-corrected chi connectivity index (χ4v) is 2.67. The summed E-state index contributed by atoms with van der Waals surface area (Å²) in [6.07, 6.45) is 4.05. The first kappa shape index (κ1) is 16.7. The average molecular weight is 341 g/mol. The second kappa shape index (κ2) is 7.61. The zero-order chi connectivity index (χ0) is 17.6. The minimum atomic E-state index is -0.634. The Morgan fingerprint density at radius 2 is 2.00 bits per heavy atom. The van der Waals surface area contributed by atoms with Gasteiger partial charge in [-0.15, -0.1) is 0 Å². The van der Waals surface area contributed by atoms with E-state index in [-0.39, 0.29) is 24.7 Å². The van der Waals surface area contributed by atoms with Crippen molar-refractivity contribution in [3.63, 3.8) is 0 Å². The van der Waals surface area contributed by atoms with Gasteiger partial charge in [0.25, 0.3) is 5.91 Å². The highest BCUT2D eigenvalue weighted by atomic mass is 16.2. The molecule has 1 aromatic carbocycles. The van der Waals surface area contributed by atoms with E-state index in [1.807, 2.05) is 41.2 Å². The summed E-state index contributed by atoms with van der Waals surface area (Å²) >= 11 is 0. The van der Waals surface area contributed by atoms with Crippen LogP contribution < -0.4 is 16.0 Å². The molecule has 1 fully saturated rings. The molecule has 4 amide bonds. The number of hydrogen-bond donors (Lipinski definition) is 3. The molecule has 1 aliphatic heterocycles. The topological polar surface area (TPSA) is 105 Å². The van der Waals surface area contributed by atoms with Gasteiger partial charge < -0.3 is 10.6 Å². The lowest BCUT2D eigenvalue weighted by molar-refractivity contribution is -0.122. The summed E-state index contributed by atoms with van der Waals surface area (Å²) in [4.78, 5) is 34.5. The van der Waals surface area contributed by atoms with Crippen molar-refractivity contribution in [2.45, 2.75) is 32.0 Å². The second-order valence-corrected chi connectivity index (χ2v) is 5.80. The monoisotopic (exact) mass is 341 g/mol. The fraction of sp³-hybridized carbons (Fsp3) is 0.294.